The Kier molecular flexibility index (Phi) is 4.40. The predicted octanol–water partition coefficient (Wildman–Crippen LogP) is 1.87. The summed E-state index contributed by atoms with van der Waals surface area (Å²) in [5.74, 6) is -1.17. The summed E-state index contributed by atoms with van der Waals surface area (Å²) < 4.78 is 37.8. The van der Waals surface area contributed by atoms with Gasteiger partial charge in [0.15, 0.2) is 0 Å². The summed E-state index contributed by atoms with van der Waals surface area (Å²) in [6.07, 6.45) is -2.87. The van der Waals surface area contributed by atoms with E-state index >= 15 is 0 Å². The molecule has 1 rings (SSSR count). The lowest BCUT2D eigenvalue weighted by molar-refractivity contribution is -0.177. The number of likely N-dealkylation sites (N-methyl/N-ethyl adjacent to an activating group) is 1. The van der Waals surface area contributed by atoms with Crippen molar-refractivity contribution in [3.05, 3.63) is 0 Å². The first kappa shape index (κ1) is 12.8. The Labute approximate surface area is 88.8 Å². The zero-order valence-electron chi connectivity index (χ0n) is 9.27. The number of rotatable bonds is 4. The van der Waals surface area contributed by atoms with Crippen LogP contribution in [-0.2, 0) is 0 Å². The van der Waals surface area contributed by atoms with E-state index in [1.165, 1.54) is 0 Å². The number of halogens is 3. The second-order valence-corrected chi connectivity index (χ2v) is 4.26. The molecule has 0 aromatic carbocycles. The maximum Gasteiger partial charge on any atom is 0.393 e. The Bertz CT molecular complexity index is 194. The first-order valence-electron chi connectivity index (χ1n) is 5.43. The van der Waals surface area contributed by atoms with Crippen molar-refractivity contribution in [1.82, 2.24) is 10.2 Å². The van der Waals surface area contributed by atoms with Gasteiger partial charge in [-0.3, -0.25) is 0 Å². The van der Waals surface area contributed by atoms with Gasteiger partial charge in [-0.2, -0.15) is 13.2 Å². The standard InChI is InChI=1S/C10H19F3N2/c1-3-6-15(2)7-9-8(4-5-14-9)10(11,12)13/h8-9,14H,3-7H2,1-2H3. The highest BCUT2D eigenvalue weighted by Crippen LogP contribution is 2.34. The summed E-state index contributed by atoms with van der Waals surface area (Å²) in [5, 5.41) is 2.94. The molecular weight excluding hydrogens is 205 g/mol. The lowest BCUT2D eigenvalue weighted by Crippen LogP contribution is -2.43. The van der Waals surface area contributed by atoms with Crippen molar-refractivity contribution in [2.75, 3.05) is 26.7 Å². The average Bonchev–Trinajstić information content (AvgIpc) is 2.51. The van der Waals surface area contributed by atoms with Crippen LogP contribution in [0.15, 0.2) is 0 Å². The van der Waals surface area contributed by atoms with Crippen LogP contribution in [0.2, 0.25) is 0 Å². The van der Waals surface area contributed by atoms with Crippen molar-refractivity contribution < 1.29 is 13.2 Å². The maximum absolute atomic E-state index is 12.6. The highest BCUT2D eigenvalue weighted by atomic mass is 19.4. The van der Waals surface area contributed by atoms with Crippen LogP contribution in [0.3, 0.4) is 0 Å². The molecule has 15 heavy (non-hydrogen) atoms. The van der Waals surface area contributed by atoms with Gasteiger partial charge in [0.25, 0.3) is 0 Å². The summed E-state index contributed by atoms with van der Waals surface area (Å²) in [6.45, 7) is 3.84. The molecule has 0 amide bonds. The SMILES string of the molecule is CCCN(C)CC1NCCC1C(F)(F)F. The van der Waals surface area contributed by atoms with Crippen LogP contribution >= 0.6 is 0 Å². The minimum Gasteiger partial charge on any atom is -0.312 e. The van der Waals surface area contributed by atoms with Crippen LogP contribution in [0, 0.1) is 5.92 Å². The fourth-order valence-electron chi connectivity index (χ4n) is 2.16. The second kappa shape index (κ2) is 5.16. The van der Waals surface area contributed by atoms with Crippen LogP contribution in [0.5, 0.6) is 0 Å². The third kappa shape index (κ3) is 3.65. The molecule has 2 nitrogen and oxygen atoms in total. The molecule has 0 aliphatic carbocycles. The van der Waals surface area contributed by atoms with E-state index in [1.54, 1.807) is 0 Å². The zero-order chi connectivity index (χ0) is 11.5. The first-order chi connectivity index (χ1) is 6.95. The van der Waals surface area contributed by atoms with Crippen molar-refractivity contribution in [1.29, 1.82) is 0 Å². The molecule has 1 fully saturated rings. The van der Waals surface area contributed by atoms with Gasteiger partial charge in [0.1, 0.15) is 0 Å². The Hall–Kier alpha value is -0.290. The Morgan fingerprint density at radius 1 is 1.40 bits per heavy atom. The highest BCUT2D eigenvalue weighted by molar-refractivity contribution is 4.89. The van der Waals surface area contributed by atoms with Crippen molar-refractivity contribution >= 4 is 0 Å². The first-order valence-corrected chi connectivity index (χ1v) is 5.43. The number of alkyl halides is 3. The molecule has 5 heteroatoms. The third-order valence-electron chi connectivity index (χ3n) is 2.88. The van der Waals surface area contributed by atoms with Crippen LogP contribution in [0.4, 0.5) is 13.2 Å². The summed E-state index contributed by atoms with van der Waals surface area (Å²) in [7, 11) is 1.87. The van der Waals surface area contributed by atoms with E-state index in [0.717, 1.165) is 13.0 Å². The van der Waals surface area contributed by atoms with Gasteiger partial charge < -0.3 is 10.2 Å². The molecule has 0 bridgehead atoms. The number of hydrogen-bond donors (Lipinski definition) is 1. The molecule has 0 aromatic heterocycles. The molecule has 1 aliphatic heterocycles. The van der Waals surface area contributed by atoms with Gasteiger partial charge in [0.05, 0.1) is 5.92 Å². The molecule has 1 aliphatic rings. The van der Waals surface area contributed by atoms with Gasteiger partial charge in [0, 0.05) is 12.6 Å². The summed E-state index contributed by atoms with van der Waals surface area (Å²) in [6, 6.07) is -0.429. The van der Waals surface area contributed by atoms with E-state index in [-0.39, 0.29) is 6.42 Å². The van der Waals surface area contributed by atoms with E-state index in [2.05, 4.69) is 5.32 Å². The monoisotopic (exact) mass is 224 g/mol. The number of nitrogens with one attached hydrogen (secondary N) is 1. The minimum atomic E-state index is -4.05. The molecule has 0 radical (unpaired) electrons. The molecule has 0 spiro atoms. The van der Waals surface area contributed by atoms with Gasteiger partial charge in [-0.05, 0) is 33.0 Å². The topological polar surface area (TPSA) is 15.3 Å². The van der Waals surface area contributed by atoms with E-state index in [9.17, 15) is 13.2 Å². The molecule has 1 N–H and O–H groups in total. The molecule has 0 saturated carbocycles. The lowest BCUT2D eigenvalue weighted by atomic mass is 10.00. The van der Waals surface area contributed by atoms with E-state index < -0.39 is 18.1 Å². The van der Waals surface area contributed by atoms with Crippen LogP contribution in [0.25, 0.3) is 0 Å². The zero-order valence-corrected chi connectivity index (χ0v) is 9.27. The van der Waals surface area contributed by atoms with Gasteiger partial charge in [-0.15, -0.1) is 0 Å². The normalized spacial score (nSPS) is 27.6. The average molecular weight is 224 g/mol. The number of nitrogens with zero attached hydrogens (tertiary/aromatic N) is 1. The Balaban J connectivity index is 2.46. The lowest BCUT2D eigenvalue weighted by Gasteiger charge is -2.26. The molecular formula is C10H19F3N2. The fourth-order valence-corrected chi connectivity index (χ4v) is 2.16. The highest BCUT2D eigenvalue weighted by Gasteiger charge is 2.46. The molecule has 2 atom stereocenters. The van der Waals surface area contributed by atoms with Crippen molar-refractivity contribution in [3.8, 4) is 0 Å². The van der Waals surface area contributed by atoms with Crippen LogP contribution in [-0.4, -0.2) is 43.8 Å². The van der Waals surface area contributed by atoms with Gasteiger partial charge in [0.2, 0.25) is 0 Å². The molecule has 90 valence electrons. The minimum absolute atomic E-state index is 0.216. The van der Waals surface area contributed by atoms with E-state index in [0.29, 0.717) is 13.1 Å². The third-order valence-corrected chi connectivity index (χ3v) is 2.88. The van der Waals surface area contributed by atoms with Gasteiger partial charge in [-0.1, -0.05) is 6.92 Å². The summed E-state index contributed by atoms with van der Waals surface area (Å²) >= 11 is 0. The van der Waals surface area contributed by atoms with Crippen LogP contribution in [0.1, 0.15) is 19.8 Å². The largest absolute Gasteiger partial charge is 0.393 e. The number of hydrogen-bond acceptors (Lipinski definition) is 2. The van der Waals surface area contributed by atoms with Crippen molar-refractivity contribution in [3.63, 3.8) is 0 Å². The summed E-state index contributed by atoms with van der Waals surface area (Å²) in [4.78, 5) is 1.96. The van der Waals surface area contributed by atoms with Crippen molar-refractivity contribution in [2.45, 2.75) is 32.0 Å². The Morgan fingerprint density at radius 2 is 2.07 bits per heavy atom. The molecule has 2 unspecified atom stereocenters. The predicted molar refractivity (Wildman–Crippen MR) is 53.7 cm³/mol. The molecule has 1 saturated heterocycles. The van der Waals surface area contributed by atoms with Gasteiger partial charge in [-0.25, -0.2) is 0 Å². The maximum atomic E-state index is 12.6. The van der Waals surface area contributed by atoms with E-state index in [1.807, 2.05) is 18.9 Å². The van der Waals surface area contributed by atoms with E-state index in [4.69, 9.17) is 0 Å². The molecule has 0 aromatic rings. The smallest absolute Gasteiger partial charge is 0.312 e. The van der Waals surface area contributed by atoms with Gasteiger partial charge >= 0.3 is 6.18 Å². The van der Waals surface area contributed by atoms with Crippen molar-refractivity contribution in [2.24, 2.45) is 5.92 Å². The van der Waals surface area contributed by atoms with Crippen LogP contribution < -0.4 is 5.32 Å². The summed E-state index contributed by atoms with van der Waals surface area (Å²) in [5.41, 5.74) is 0. The fraction of sp³-hybridized carbons (Fsp3) is 1.00. The second-order valence-electron chi connectivity index (χ2n) is 4.26. The Morgan fingerprint density at radius 3 is 2.60 bits per heavy atom. The molecule has 1 heterocycles. The quantitative estimate of drug-likeness (QED) is 0.784.